The van der Waals surface area contributed by atoms with Crippen LogP contribution in [0, 0.1) is 0 Å². The van der Waals surface area contributed by atoms with E-state index in [-0.39, 0.29) is 19.6 Å². The van der Waals surface area contributed by atoms with Crippen LogP contribution in [0.25, 0.3) is 10.4 Å². The van der Waals surface area contributed by atoms with Crippen molar-refractivity contribution in [1.82, 2.24) is 0 Å². The lowest BCUT2D eigenvalue weighted by Crippen LogP contribution is -2.41. The third kappa shape index (κ3) is 9.82. The second-order valence-electron chi connectivity index (χ2n) is 5.32. The molecule has 0 radical (unpaired) electrons. The Labute approximate surface area is 133 Å². The van der Waals surface area contributed by atoms with Crippen molar-refractivity contribution in [3.63, 3.8) is 0 Å². The Bertz CT molecular complexity index is 443. The maximum absolute atomic E-state index is 11.5. The van der Waals surface area contributed by atoms with Crippen LogP contribution >= 0.6 is 0 Å². The summed E-state index contributed by atoms with van der Waals surface area (Å²) in [6, 6.07) is 0. The molecule has 1 unspecified atom stereocenters. The highest BCUT2D eigenvalue weighted by Crippen LogP contribution is 2.18. The zero-order valence-electron chi connectivity index (χ0n) is 13.4. The zero-order valence-corrected chi connectivity index (χ0v) is 13.4. The summed E-state index contributed by atoms with van der Waals surface area (Å²) in [6.45, 7) is 3.87. The number of rotatable bonds is 11. The fourth-order valence-electron chi connectivity index (χ4n) is 1.75. The number of aliphatic hydroxyl groups is 3. The van der Waals surface area contributed by atoms with E-state index in [9.17, 15) is 24.9 Å². The van der Waals surface area contributed by atoms with Crippen molar-refractivity contribution in [2.45, 2.75) is 57.7 Å². The van der Waals surface area contributed by atoms with Crippen LogP contribution in [0.5, 0.6) is 0 Å². The number of carbonyl (C=O) groups excluding carboxylic acids is 2. The highest BCUT2D eigenvalue weighted by atomic mass is 16.6. The molecule has 0 aromatic carbocycles. The number of hydrogen-bond donors (Lipinski definition) is 3. The van der Waals surface area contributed by atoms with Gasteiger partial charge in [-0.3, -0.25) is 4.79 Å². The molecule has 10 heteroatoms. The first-order valence-corrected chi connectivity index (χ1v) is 7.07. The first-order chi connectivity index (χ1) is 10.6. The Balaban J connectivity index is 4.76. The molecule has 0 aromatic heterocycles. The Hall–Kier alpha value is -1.71. The molecule has 0 rings (SSSR count). The van der Waals surface area contributed by atoms with Crippen LogP contribution in [-0.2, 0) is 19.1 Å². The predicted octanol–water partition coefficient (Wildman–Crippen LogP) is 0.0445. The summed E-state index contributed by atoms with van der Waals surface area (Å²) in [6.07, 6.45) is -4.48. The van der Waals surface area contributed by atoms with Gasteiger partial charge in [0.1, 0.15) is 0 Å². The summed E-state index contributed by atoms with van der Waals surface area (Å²) >= 11 is 0. The minimum absolute atomic E-state index is 0.0377. The Kier molecular flexibility index (Phi) is 9.38. The highest BCUT2D eigenvalue weighted by Gasteiger charge is 2.30. The van der Waals surface area contributed by atoms with Gasteiger partial charge in [-0.25, -0.2) is 4.79 Å². The second kappa shape index (κ2) is 10.1. The number of esters is 1. The van der Waals surface area contributed by atoms with Gasteiger partial charge in [-0.05, 0) is 26.3 Å². The lowest BCUT2D eigenvalue weighted by atomic mass is 10.0. The zero-order chi connectivity index (χ0) is 18.0. The van der Waals surface area contributed by atoms with Gasteiger partial charge in [0, 0.05) is 17.8 Å². The SMILES string of the molecule is CCOC(=O)C(=O)CC(O)C[C@H](OC(C)(C)O)[C@H](O)CN=[N+]=[N-]. The van der Waals surface area contributed by atoms with Crippen molar-refractivity contribution in [3.8, 4) is 0 Å². The maximum Gasteiger partial charge on any atom is 0.374 e. The van der Waals surface area contributed by atoms with Crippen LogP contribution in [-0.4, -0.2) is 64.3 Å². The average molecular weight is 333 g/mol. The molecule has 0 fully saturated rings. The number of aliphatic hydroxyl groups excluding tert-OH is 2. The average Bonchev–Trinajstić information content (AvgIpc) is 2.42. The van der Waals surface area contributed by atoms with E-state index in [0.29, 0.717) is 0 Å². The predicted molar refractivity (Wildman–Crippen MR) is 78.1 cm³/mol. The molecule has 0 spiro atoms. The molecule has 3 atom stereocenters. The fraction of sp³-hybridized carbons (Fsp3) is 0.846. The molecule has 23 heavy (non-hydrogen) atoms. The van der Waals surface area contributed by atoms with E-state index in [1.165, 1.54) is 13.8 Å². The number of ether oxygens (including phenoxy) is 2. The summed E-state index contributed by atoms with van der Waals surface area (Å²) in [5.41, 5.74) is 8.25. The van der Waals surface area contributed by atoms with Gasteiger partial charge >= 0.3 is 5.97 Å². The van der Waals surface area contributed by atoms with Gasteiger partial charge in [0.15, 0.2) is 5.79 Å². The Morgan fingerprint density at radius 3 is 2.43 bits per heavy atom. The molecule has 0 heterocycles. The third-order valence-corrected chi connectivity index (χ3v) is 2.63. The molecule has 0 bridgehead atoms. The van der Waals surface area contributed by atoms with E-state index in [2.05, 4.69) is 14.8 Å². The van der Waals surface area contributed by atoms with E-state index >= 15 is 0 Å². The molecule has 3 N–H and O–H groups in total. The van der Waals surface area contributed by atoms with Crippen molar-refractivity contribution in [3.05, 3.63) is 10.4 Å². The van der Waals surface area contributed by atoms with Gasteiger partial charge in [0.2, 0.25) is 5.78 Å². The van der Waals surface area contributed by atoms with E-state index in [0.717, 1.165) is 0 Å². The molecule has 0 saturated heterocycles. The molecule has 0 aromatic rings. The van der Waals surface area contributed by atoms with E-state index in [1.54, 1.807) is 6.92 Å². The number of hydrogen-bond acceptors (Lipinski definition) is 8. The molecule has 10 nitrogen and oxygen atoms in total. The lowest BCUT2D eigenvalue weighted by molar-refractivity contribution is -0.229. The van der Waals surface area contributed by atoms with Crippen LogP contribution in [0.3, 0.4) is 0 Å². The normalized spacial score (nSPS) is 15.2. The van der Waals surface area contributed by atoms with Crippen LogP contribution in [0.15, 0.2) is 5.11 Å². The Morgan fingerprint density at radius 1 is 1.35 bits per heavy atom. The molecule has 0 aliphatic rings. The minimum atomic E-state index is -1.62. The number of carbonyl (C=O) groups is 2. The maximum atomic E-state index is 11.5. The van der Waals surface area contributed by atoms with Gasteiger partial charge < -0.3 is 24.8 Å². The molecular formula is C13H23N3O7. The van der Waals surface area contributed by atoms with Gasteiger partial charge in [0.25, 0.3) is 0 Å². The van der Waals surface area contributed by atoms with Crippen LogP contribution in [0.4, 0.5) is 0 Å². The number of Topliss-reactive ketones (excluding diaryl/α,β-unsaturated/α-hetero) is 1. The molecule has 0 aliphatic heterocycles. The van der Waals surface area contributed by atoms with E-state index in [1.807, 2.05) is 0 Å². The summed E-state index contributed by atoms with van der Waals surface area (Å²) < 4.78 is 9.71. The summed E-state index contributed by atoms with van der Waals surface area (Å²) in [5, 5.41) is 32.6. The summed E-state index contributed by atoms with van der Waals surface area (Å²) in [4.78, 5) is 25.2. The molecule has 0 amide bonds. The largest absolute Gasteiger partial charge is 0.460 e. The molecule has 0 saturated carbocycles. The lowest BCUT2D eigenvalue weighted by Gasteiger charge is -2.30. The standard InChI is InChI=1S/C13H23N3O7/c1-4-22-12(20)9(18)5-8(17)6-11(23-13(2,3)21)10(19)7-15-16-14/h8,10-11,17,19,21H,4-7H2,1-3H3/t8?,10-,11+/m1/s1. The molecule has 0 aliphatic carbocycles. The third-order valence-electron chi connectivity index (χ3n) is 2.63. The number of ketones is 1. The van der Waals surface area contributed by atoms with Crippen LogP contribution in [0.2, 0.25) is 0 Å². The van der Waals surface area contributed by atoms with E-state index < -0.39 is 42.3 Å². The smallest absolute Gasteiger partial charge is 0.374 e. The first kappa shape index (κ1) is 21.3. The fourth-order valence-corrected chi connectivity index (χ4v) is 1.75. The molecular weight excluding hydrogens is 310 g/mol. The summed E-state index contributed by atoms with van der Waals surface area (Å²) in [5.74, 6) is -3.58. The van der Waals surface area contributed by atoms with Gasteiger partial charge in [-0.2, -0.15) is 0 Å². The second-order valence-corrected chi connectivity index (χ2v) is 5.32. The first-order valence-electron chi connectivity index (χ1n) is 7.07. The monoisotopic (exact) mass is 333 g/mol. The van der Waals surface area contributed by atoms with E-state index in [4.69, 9.17) is 10.3 Å². The highest BCUT2D eigenvalue weighted by molar-refractivity contribution is 6.33. The van der Waals surface area contributed by atoms with Crippen molar-refractivity contribution in [2.75, 3.05) is 13.2 Å². The van der Waals surface area contributed by atoms with Gasteiger partial charge in [-0.1, -0.05) is 5.11 Å². The van der Waals surface area contributed by atoms with Crippen LogP contribution in [0.1, 0.15) is 33.6 Å². The number of azide groups is 1. The van der Waals surface area contributed by atoms with Crippen LogP contribution < -0.4 is 0 Å². The van der Waals surface area contributed by atoms with Crippen molar-refractivity contribution >= 4 is 11.8 Å². The quantitative estimate of drug-likeness (QED) is 0.120. The van der Waals surface area contributed by atoms with Gasteiger partial charge in [-0.15, -0.1) is 0 Å². The molecule has 132 valence electrons. The van der Waals surface area contributed by atoms with Crippen molar-refractivity contribution < 1.29 is 34.4 Å². The van der Waals surface area contributed by atoms with Crippen molar-refractivity contribution in [2.24, 2.45) is 5.11 Å². The number of nitrogens with zero attached hydrogens (tertiary/aromatic N) is 3. The minimum Gasteiger partial charge on any atom is -0.460 e. The van der Waals surface area contributed by atoms with Crippen molar-refractivity contribution in [1.29, 1.82) is 0 Å². The summed E-state index contributed by atoms with van der Waals surface area (Å²) in [7, 11) is 0. The topological polar surface area (TPSA) is 162 Å². The Morgan fingerprint density at radius 2 is 1.96 bits per heavy atom. The van der Waals surface area contributed by atoms with Gasteiger partial charge in [0.05, 0.1) is 31.5 Å².